The second-order valence-electron chi connectivity index (χ2n) is 5.59. The molecule has 2 aromatic rings. The summed E-state index contributed by atoms with van der Waals surface area (Å²) in [6.07, 6.45) is 0. The second kappa shape index (κ2) is 9.64. The maximum atomic E-state index is 11.9. The highest BCUT2D eigenvalue weighted by Gasteiger charge is 2.16. The van der Waals surface area contributed by atoms with Crippen molar-refractivity contribution in [2.24, 2.45) is 0 Å². The Bertz CT molecular complexity index is 910. The maximum Gasteiger partial charge on any atom is 0.322 e. The molecule has 0 aliphatic heterocycles. The van der Waals surface area contributed by atoms with E-state index in [1.165, 1.54) is 19.1 Å². The summed E-state index contributed by atoms with van der Waals surface area (Å²) >= 11 is 18.6. The molecule has 2 rings (SSSR count). The normalized spacial score (nSPS) is 10.3. The average molecular weight is 446 g/mol. The van der Waals surface area contributed by atoms with Crippen molar-refractivity contribution in [2.75, 3.05) is 11.9 Å². The number of ether oxygens (including phenoxy) is 1. The maximum absolute atomic E-state index is 11.9. The van der Waals surface area contributed by atoms with Crippen LogP contribution in [0.1, 0.15) is 22.8 Å². The van der Waals surface area contributed by atoms with Crippen molar-refractivity contribution < 1.29 is 24.2 Å². The lowest BCUT2D eigenvalue weighted by Gasteiger charge is -2.14. The monoisotopic (exact) mass is 444 g/mol. The van der Waals surface area contributed by atoms with Crippen molar-refractivity contribution in [3.63, 3.8) is 0 Å². The molecular formula is C18H15Cl3N2O5. The lowest BCUT2D eigenvalue weighted by atomic mass is 10.2. The molecule has 2 amide bonds. The molecule has 0 radical (unpaired) electrons. The molecule has 0 atom stereocenters. The van der Waals surface area contributed by atoms with E-state index in [0.29, 0.717) is 16.3 Å². The summed E-state index contributed by atoms with van der Waals surface area (Å²) in [5.41, 5.74) is 1.12. The third-order valence-corrected chi connectivity index (χ3v) is 4.43. The Morgan fingerprint density at radius 3 is 2.32 bits per heavy atom. The molecule has 0 heterocycles. The zero-order valence-corrected chi connectivity index (χ0v) is 16.8. The van der Waals surface area contributed by atoms with Gasteiger partial charge < -0.3 is 20.5 Å². The molecule has 148 valence electrons. The lowest BCUT2D eigenvalue weighted by Crippen LogP contribution is -2.29. The van der Waals surface area contributed by atoms with Crippen LogP contribution < -0.4 is 15.4 Å². The van der Waals surface area contributed by atoms with E-state index in [0.717, 1.165) is 0 Å². The van der Waals surface area contributed by atoms with E-state index < -0.39 is 18.4 Å². The third kappa shape index (κ3) is 5.76. The average Bonchev–Trinajstić information content (AvgIpc) is 2.61. The number of hydrogen-bond donors (Lipinski definition) is 3. The Morgan fingerprint density at radius 2 is 1.75 bits per heavy atom. The number of carbonyl (C=O) groups is 3. The van der Waals surface area contributed by atoms with Gasteiger partial charge in [-0.05, 0) is 18.2 Å². The Balaban J connectivity index is 2.16. The van der Waals surface area contributed by atoms with Crippen LogP contribution in [0.2, 0.25) is 15.1 Å². The van der Waals surface area contributed by atoms with Gasteiger partial charge in [-0.2, -0.15) is 0 Å². The number of halogens is 3. The zero-order chi connectivity index (χ0) is 20.8. The van der Waals surface area contributed by atoms with Crippen molar-refractivity contribution in [3.05, 3.63) is 56.5 Å². The van der Waals surface area contributed by atoms with Gasteiger partial charge in [0.25, 0.3) is 5.91 Å². The number of hydrogen-bond acceptors (Lipinski definition) is 4. The molecule has 0 saturated heterocycles. The SMILES string of the molecule is CC(=O)Nc1cccc(COc2c(Cl)cc(C(=O)NCC(=O)O)cc2Cl)c1Cl. The largest absolute Gasteiger partial charge is 0.486 e. The fourth-order valence-corrected chi connectivity index (χ4v) is 3.04. The van der Waals surface area contributed by atoms with Crippen LogP contribution in [0, 0.1) is 0 Å². The Kier molecular flexibility index (Phi) is 7.51. The Hall–Kier alpha value is -2.48. The molecule has 7 nitrogen and oxygen atoms in total. The fourth-order valence-electron chi connectivity index (χ4n) is 2.21. The number of rotatable bonds is 7. The number of nitrogens with one attached hydrogen (secondary N) is 2. The molecule has 0 aliphatic carbocycles. The topological polar surface area (TPSA) is 105 Å². The quantitative estimate of drug-likeness (QED) is 0.597. The van der Waals surface area contributed by atoms with E-state index in [2.05, 4.69) is 10.6 Å². The standard InChI is InChI=1S/C18H15Cl3N2O5/c1-9(24)23-14-4-2-3-10(16(14)21)8-28-17-12(19)5-11(6-13(17)20)18(27)22-7-15(25)26/h2-6H,7-8H2,1H3,(H,22,27)(H,23,24)(H,25,26). The van der Waals surface area contributed by atoms with Crippen LogP contribution in [-0.4, -0.2) is 29.4 Å². The number of carboxylic acid groups (broad SMARTS) is 1. The van der Waals surface area contributed by atoms with Crippen LogP contribution in [0.4, 0.5) is 5.69 Å². The minimum absolute atomic E-state index is 0.0102. The van der Waals surface area contributed by atoms with Crippen LogP contribution in [0.15, 0.2) is 30.3 Å². The molecule has 0 unspecified atom stereocenters. The van der Waals surface area contributed by atoms with Gasteiger partial charge in [0.15, 0.2) is 5.75 Å². The lowest BCUT2D eigenvalue weighted by molar-refractivity contribution is -0.135. The summed E-state index contributed by atoms with van der Waals surface area (Å²) in [5, 5.41) is 13.9. The van der Waals surface area contributed by atoms with E-state index in [9.17, 15) is 14.4 Å². The Morgan fingerprint density at radius 1 is 1.11 bits per heavy atom. The molecule has 0 saturated carbocycles. The first kappa shape index (κ1) is 21.8. The zero-order valence-electron chi connectivity index (χ0n) is 14.5. The molecule has 2 aromatic carbocycles. The third-order valence-electron chi connectivity index (χ3n) is 3.42. The van der Waals surface area contributed by atoms with Crippen LogP contribution in [0.5, 0.6) is 5.75 Å². The molecule has 0 spiro atoms. The van der Waals surface area contributed by atoms with Gasteiger partial charge in [0.2, 0.25) is 5.91 Å². The second-order valence-corrected chi connectivity index (χ2v) is 6.79. The first-order valence-electron chi connectivity index (χ1n) is 7.86. The van der Waals surface area contributed by atoms with Gasteiger partial charge in [-0.1, -0.05) is 46.9 Å². The molecule has 0 aromatic heterocycles. The number of aliphatic carboxylic acids is 1. The smallest absolute Gasteiger partial charge is 0.322 e. The van der Waals surface area contributed by atoms with Gasteiger partial charge in [0.1, 0.15) is 13.2 Å². The van der Waals surface area contributed by atoms with Crippen LogP contribution in [0.25, 0.3) is 0 Å². The Labute approximate surface area is 175 Å². The van der Waals surface area contributed by atoms with Crippen molar-refractivity contribution in [3.8, 4) is 5.75 Å². The van der Waals surface area contributed by atoms with E-state index >= 15 is 0 Å². The van der Waals surface area contributed by atoms with Gasteiger partial charge in [0, 0.05) is 18.1 Å². The predicted octanol–water partition coefficient (Wildman–Crippen LogP) is 4.00. The summed E-state index contributed by atoms with van der Waals surface area (Å²) < 4.78 is 5.64. The number of carbonyl (C=O) groups excluding carboxylic acids is 2. The van der Waals surface area contributed by atoms with Crippen molar-refractivity contribution >= 4 is 58.3 Å². The summed E-state index contributed by atoms with van der Waals surface area (Å²) in [6, 6.07) is 7.69. The van der Waals surface area contributed by atoms with Gasteiger partial charge in [-0.25, -0.2) is 0 Å². The number of anilines is 1. The van der Waals surface area contributed by atoms with Gasteiger partial charge >= 0.3 is 5.97 Å². The van der Waals surface area contributed by atoms with Gasteiger partial charge in [-0.3, -0.25) is 14.4 Å². The summed E-state index contributed by atoms with van der Waals surface area (Å²) in [6.45, 7) is 0.846. The summed E-state index contributed by atoms with van der Waals surface area (Å²) in [5.74, 6) is -1.94. The van der Waals surface area contributed by atoms with Crippen LogP contribution >= 0.6 is 34.8 Å². The van der Waals surface area contributed by atoms with E-state index in [1.54, 1.807) is 18.2 Å². The molecule has 3 N–H and O–H groups in total. The number of amides is 2. The van der Waals surface area contributed by atoms with E-state index in [-0.39, 0.29) is 33.9 Å². The molecule has 10 heteroatoms. The van der Waals surface area contributed by atoms with Gasteiger partial charge in [0.05, 0.1) is 20.8 Å². The highest BCUT2D eigenvalue weighted by Crippen LogP contribution is 2.36. The number of benzene rings is 2. The highest BCUT2D eigenvalue weighted by atomic mass is 35.5. The fraction of sp³-hybridized carbons (Fsp3) is 0.167. The van der Waals surface area contributed by atoms with E-state index in [4.69, 9.17) is 44.6 Å². The molecular weight excluding hydrogens is 431 g/mol. The summed E-state index contributed by atoms with van der Waals surface area (Å²) in [4.78, 5) is 33.7. The van der Waals surface area contributed by atoms with Crippen LogP contribution in [-0.2, 0) is 16.2 Å². The molecule has 0 aliphatic rings. The highest BCUT2D eigenvalue weighted by molar-refractivity contribution is 6.37. The minimum atomic E-state index is -1.18. The van der Waals surface area contributed by atoms with E-state index in [1.807, 2.05) is 0 Å². The minimum Gasteiger partial charge on any atom is -0.486 e. The predicted molar refractivity (Wildman–Crippen MR) is 107 cm³/mol. The van der Waals surface area contributed by atoms with Crippen molar-refractivity contribution in [2.45, 2.75) is 13.5 Å². The molecule has 0 fully saturated rings. The molecule has 28 heavy (non-hydrogen) atoms. The first-order chi connectivity index (χ1) is 13.2. The van der Waals surface area contributed by atoms with Gasteiger partial charge in [-0.15, -0.1) is 0 Å². The van der Waals surface area contributed by atoms with Crippen molar-refractivity contribution in [1.29, 1.82) is 0 Å². The summed E-state index contributed by atoms with van der Waals surface area (Å²) in [7, 11) is 0. The van der Waals surface area contributed by atoms with Crippen LogP contribution in [0.3, 0.4) is 0 Å². The first-order valence-corrected chi connectivity index (χ1v) is 8.99. The van der Waals surface area contributed by atoms with Crippen molar-refractivity contribution in [1.82, 2.24) is 5.32 Å². The number of carboxylic acids is 1. The molecule has 0 bridgehead atoms.